The number of non-ortho nitro benzene ring substituents is 1. The first-order valence-corrected chi connectivity index (χ1v) is 9.99. The Balaban J connectivity index is 2.88. The van der Waals surface area contributed by atoms with Crippen LogP contribution in [0.15, 0.2) is 37.7 Å². The smallest absolute Gasteiger partial charge is 0.306 e. The number of nitro benzene ring substituents is 3. The molecular formula is C15H11Br3N4O6. The molecule has 148 valence electrons. The normalized spacial score (nSPS) is 10.6. The summed E-state index contributed by atoms with van der Waals surface area (Å²) in [7, 11) is 0. The van der Waals surface area contributed by atoms with Gasteiger partial charge >= 0.3 is 11.4 Å². The molecule has 0 saturated heterocycles. The molecule has 0 spiro atoms. The summed E-state index contributed by atoms with van der Waals surface area (Å²) in [5.74, 6) is 0. The van der Waals surface area contributed by atoms with Gasteiger partial charge in [0.1, 0.15) is 0 Å². The molecule has 13 heteroatoms. The predicted molar refractivity (Wildman–Crippen MR) is 113 cm³/mol. The van der Waals surface area contributed by atoms with Crippen LogP contribution in [-0.2, 0) is 0 Å². The molecule has 0 amide bonds. The monoisotopic (exact) mass is 580 g/mol. The molecular weight excluding hydrogens is 572 g/mol. The minimum atomic E-state index is -0.902. The Morgan fingerprint density at radius 3 is 1.68 bits per heavy atom. The van der Waals surface area contributed by atoms with Crippen molar-refractivity contribution in [1.29, 1.82) is 0 Å². The maximum Gasteiger partial charge on any atom is 0.306 e. The van der Waals surface area contributed by atoms with Crippen LogP contribution >= 0.6 is 47.8 Å². The molecule has 28 heavy (non-hydrogen) atoms. The SMILES string of the molecule is CCCN(c1cc(Br)c(Br)c(Br)c1)c1c([N+](=O)[O-])cc([N+](=O)[O-])cc1[N+](=O)[O-]. The summed E-state index contributed by atoms with van der Waals surface area (Å²) >= 11 is 10.1. The maximum atomic E-state index is 11.6. The standard InChI is InChI=1S/C15H11Br3N4O6/c1-2-3-19(8-4-10(16)14(18)11(17)5-8)15-12(21(25)26)6-9(20(23)24)7-13(15)22(27)28/h4-7H,2-3H2,1H3. The lowest BCUT2D eigenvalue weighted by molar-refractivity contribution is -0.402. The lowest BCUT2D eigenvalue weighted by atomic mass is 10.1. The number of halogens is 3. The molecule has 0 aromatic heterocycles. The first kappa shape index (κ1) is 22.2. The highest BCUT2D eigenvalue weighted by molar-refractivity contribution is 9.14. The van der Waals surface area contributed by atoms with Crippen molar-refractivity contribution in [2.45, 2.75) is 13.3 Å². The fourth-order valence-corrected chi connectivity index (χ4v) is 3.93. The number of nitro groups is 3. The van der Waals surface area contributed by atoms with E-state index in [0.29, 0.717) is 25.5 Å². The van der Waals surface area contributed by atoms with Crippen LogP contribution in [0, 0.1) is 30.3 Å². The summed E-state index contributed by atoms with van der Waals surface area (Å²) < 4.78 is 1.93. The van der Waals surface area contributed by atoms with Crippen molar-refractivity contribution in [3.05, 3.63) is 68.0 Å². The summed E-state index contributed by atoms with van der Waals surface area (Å²) in [5.41, 5.74) is -2.04. The first-order valence-electron chi connectivity index (χ1n) is 7.61. The largest absolute Gasteiger partial charge is 0.330 e. The van der Waals surface area contributed by atoms with Crippen LogP contribution in [0.5, 0.6) is 0 Å². The van der Waals surface area contributed by atoms with Crippen LogP contribution in [0.2, 0.25) is 0 Å². The molecule has 0 N–H and O–H groups in total. The minimum Gasteiger partial charge on any atom is -0.330 e. The Bertz CT molecular complexity index is 926. The molecule has 10 nitrogen and oxygen atoms in total. The molecule has 2 aromatic carbocycles. The van der Waals surface area contributed by atoms with Crippen molar-refractivity contribution in [1.82, 2.24) is 0 Å². The summed E-state index contributed by atoms with van der Waals surface area (Å²) in [4.78, 5) is 33.1. The Morgan fingerprint density at radius 2 is 1.32 bits per heavy atom. The number of hydrogen-bond donors (Lipinski definition) is 0. The van der Waals surface area contributed by atoms with E-state index in [1.807, 2.05) is 0 Å². The van der Waals surface area contributed by atoms with Crippen LogP contribution in [0.4, 0.5) is 28.4 Å². The summed E-state index contributed by atoms with van der Waals surface area (Å²) in [6.07, 6.45) is 0.511. The summed E-state index contributed by atoms with van der Waals surface area (Å²) in [5, 5.41) is 34.3. The molecule has 0 bridgehead atoms. The van der Waals surface area contributed by atoms with Gasteiger partial charge in [-0.05, 0) is 66.3 Å². The van der Waals surface area contributed by atoms with Gasteiger partial charge in [-0.3, -0.25) is 30.3 Å². The van der Waals surface area contributed by atoms with Gasteiger partial charge in [-0.1, -0.05) is 6.92 Å². The molecule has 0 heterocycles. The lowest BCUT2D eigenvalue weighted by Crippen LogP contribution is -2.20. The number of nitrogens with zero attached hydrogens (tertiary/aromatic N) is 4. The van der Waals surface area contributed by atoms with Crippen LogP contribution in [-0.4, -0.2) is 21.3 Å². The van der Waals surface area contributed by atoms with E-state index >= 15 is 0 Å². The van der Waals surface area contributed by atoms with Gasteiger partial charge in [0.2, 0.25) is 0 Å². The van der Waals surface area contributed by atoms with E-state index in [0.717, 1.165) is 12.1 Å². The van der Waals surface area contributed by atoms with E-state index < -0.39 is 31.8 Å². The van der Waals surface area contributed by atoms with Gasteiger partial charge < -0.3 is 4.90 Å². The fourth-order valence-electron chi connectivity index (χ4n) is 2.54. The van der Waals surface area contributed by atoms with Crippen LogP contribution in [0.25, 0.3) is 0 Å². The second-order valence-electron chi connectivity index (χ2n) is 5.48. The second-order valence-corrected chi connectivity index (χ2v) is 7.98. The van der Waals surface area contributed by atoms with Crippen molar-refractivity contribution in [2.24, 2.45) is 0 Å². The van der Waals surface area contributed by atoms with E-state index in [9.17, 15) is 30.3 Å². The third-order valence-corrected chi connectivity index (χ3v) is 6.83. The quantitative estimate of drug-likeness (QED) is 0.214. The van der Waals surface area contributed by atoms with Gasteiger partial charge in [0.25, 0.3) is 5.69 Å². The zero-order chi connectivity index (χ0) is 21.2. The van der Waals surface area contributed by atoms with E-state index in [-0.39, 0.29) is 12.2 Å². The zero-order valence-corrected chi connectivity index (χ0v) is 18.9. The molecule has 2 rings (SSSR count). The molecule has 0 aliphatic heterocycles. The third-order valence-electron chi connectivity index (χ3n) is 3.66. The predicted octanol–water partition coefficient (Wildman–Crippen LogP) is 6.25. The first-order chi connectivity index (χ1) is 13.1. The average molecular weight is 583 g/mol. The third kappa shape index (κ3) is 4.47. The number of anilines is 2. The Kier molecular flexibility index (Phi) is 7.06. The van der Waals surface area contributed by atoms with Gasteiger partial charge in [-0.2, -0.15) is 0 Å². The molecule has 0 radical (unpaired) electrons. The van der Waals surface area contributed by atoms with Crippen molar-refractivity contribution < 1.29 is 14.8 Å². The molecule has 0 unspecified atom stereocenters. The van der Waals surface area contributed by atoms with Crippen molar-refractivity contribution in [3.8, 4) is 0 Å². The Morgan fingerprint density at radius 1 is 0.857 bits per heavy atom. The van der Waals surface area contributed by atoms with Gasteiger partial charge in [0.15, 0.2) is 5.69 Å². The summed E-state index contributed by atoms with van der Waals surface area (Å²) in [6.45, 7) is 2.01. The van der Waals surface area contributed by atoms with Crippen LogP contribution in [0.1, 0.15) is 13.3 Å². The number of hydrogen-bond acceptors (Lipinski definition) is 7. The highest BCUT2D eigenvalue weighted by Gasteiger charge is 2.34. The van der Waals surface area contributed by atoms with Crippen LogP contribution < -0.4 is 4.90 Å². The maximum absolute atomic E-state index is 11.6. The average Bonchev–Trinajstić information content (AvgIpc) is 2.62. The van der Waals surface area contributed by atoms with Gasteiger partial charge in [0, 0.05) is 25.7 Å². The molecule has 0 atom stereocenters. The topological polar surface area (TPSA) is 133 Å². The Labute approximate surface area is 183 Å². The second kappa shape index (κ2) is 8.92. The lowest BCUT2D eigenvalue weighted by Gasteiger charge is -2.24. The molecule has 0 saturated carbocycles. The van der Waals surface area contributed by atoms with Crippen molar-refractivity contribution >= 4 is 76.2 Å². The molecule has 0 aliphatic rings. The minimum absolute atomic E-state index is 0.208. The summed E-state index contributed by atoms with van der Waals surface area (Å²) in [6, 6.07) is 4.74. The number of benzene rings is 2. The Hall–Kier alpha value is -2.12. The van der Waals surface area contributed by atoms with Crippen LogP contribution in [0.3, 0.4) is 0 Å². The zero-order valence-electron chi connectivity index (χ0n) is 14.1. The fraction of sp³-hybridized carbons (Fsp3) is 0.200. The van der Waals surface area contributed by atoms with Crippen molar-refractivity contribution in [3.63, 3.8) is 0 Å². The van der Waals surface area contributed by atoms with Crippen molar-refractivity contribution in [2.75, 3.05) is 11.4 Å². The van der Waals surface area contributed by atoms with E-state index in [1.54, 1.807) is 19.1 Å². The van der Waals surface area contributed by atoms with E-state index in [1.165, 1.54) is 4.90 Å². The molecule has 0 aliphatic carbocycles. The molecule has 2 aromatic rings. The molecule has 0 fully saturated rings. The van der Waals surface area contributed by atoms with Gasteiger partial charge in [-0.25, -0.2) is 0 Å². The highest BCUT2D eigenvalue weighted by Crippen LogP contribution is 2.45. The van der Waals surface area contributed by atoms with Gasteiger partial charge in [-0.15, -0.1) is 0 Å². The highest BCUT2D eigenvalue weighted by atomic mass is 79.9. The van der Waals surface area contributed by atoms with E-state index in [4.69, 9.17) is 0 Å². The number of rotatable bonds is 7. The van der Waals surface area contributed by atoms with Gasteiger partial charge in [0.05, 0.1) is 26.9 Å². The van der Waals surface area contributed by atoms with E-state index in [2.05, 4.69) is 47.8 Å².